The molecule has 4 nitrogen and oxygen atoms in total. The average Bonchev–Trinajstić information content (AvgIpc) is 2.34. The summed E-state index contributed by atoms with van der Waals surface area (Å²) in [5, 5.41) is 0. The Morgan fingerprint density at radius 1 is 1.28 bits per heavy atom. The number of benzene rings is 1. The Balaban J connectivity index is 2.72. The first kappa shape index (κ1) is 15.4. The first-order valence-corrected chi connectivity index (χ1v) is 7.70. The Morgan fingerprint density at radius 3 is 2.39 bits per heavy atom. The van der Waals surface area contributed by atoms with Gasteiger partial charge in [-0.25, -0.2) is 4.57 Å². The molecule has 2 unspecified atom stereocenters. The highest BCUT2D eigenvalue weighted by Crippen LogP contribution is 2.38. The van der Waals surface area contributed by atoms with Crippen molar-refractivity contribution in [2.75, 3.05) is 6.61 Å². The summed E-state index contributed by atoms with van der Waals surface area (Å²) in [4.78, 5) is 17.6. The molecular formula is C13H21O4P. The van der Waals surface area contributed by atoms with Gasteiger partial charge in [-0.1, -0.05) is 50.6 Å². The minimum absolute atomic E-state index is 0.0220. The summed E-state index contributed by atoms with van der Waals surface area (Å²) < 4.78 is 15.5. The number of rotatable bonds is 7. The van der Waals surface area contributed by atoms with Crippen LogP contribution >= 0.6 is 7.82 Å². The Kier molecular flexibility index (Phi) is 6.03. The Labute approximate surface area is 108 Å². The van der Waals surface area contributed by atoms with Gasteiger partial charge in [0, 0.05) is 5.92 Å². The Hall–Kier alpha value is -0.670. The number of hydrogen-bond donors (Lipinski definition) is 2. The number of phosphoric acid groups is 1. The predicted molar refractivity (Wildman–Crippen MR) is 71.3 cm³/mol. The van der Waals surface area contributed by atoms with E-state index in [1.165, 1.54) is 0 Å². The molecule has 0 fully saturated rings. The van der Waals surface area contributed by atoms with Gasteiger partial charge in [-0.2, -0.15) is 0 Å². The van der Waals surface area contributed by atoms with E-state index in [2.05, 4.69) is 18.4 Å². The molecule has 0 saturated carbocycles. The topological polar surface area (TPSA) is 66.8 Å². The van der Waals surface area contributed by atoms with Crippen molar-refractivity contribution in [3.8, 4) is 0 Å². The third-order valence-electron chi connectivity index (χ3n) is 3.10. The minimum Gasteiger partial charge on any atom is -0.303 e. The van der Waals surface area contributed by atoms with Gasteiger partial charge < -0.3 is 9.79 Å². The van der Waals surface area contributed by atoms with E-state index in [0.29, 0.717) is 5.92 Å². The molecule has 2 atom stereocenters. The smallest absolute Gasteiger partial charge is 0.303 e. The normalized spacial score (nSPS) is 15.3. The van der Waals surface area contributed by atoms with Crippen LogP contribution in [0, 0.1) is 5.92 Å². The van der Waals surface area contributed by atoms with Gasteiger partial charge in [-0.15, -0.1) is 0 Å². The molecule has 1 rings (SSSR count). The van der Waals surface area contributed by atoms with Crippen molar-refractivity contribution >= 4 is 7.82 Å². The maximum Gasteiger partial charge on any atom is 0.469 e. The molecule has 0 aliphatic heterocycles. The van der Waals surface area contributed by atoms with Crippen LogP contribution in [-0.4, -0.2) is 16.4 Å². The molecule has 0 amide bonds. The van der Waals surface area contributed by atoms with Crippen molar-refractivity contribution in [2.45, 2.75) is 32.6 Å². The first-order chi connectivity index (χ1) is 8.42. The number of phosphoric ester groups is 1. The molecule has 0 aliphatic carbocycles. The summed E-state index contributed by atoms with van der Waals surface area (Å²) in [6.45, 7) is 4.29. The van der Waals surface area contributed by atoms with Gasteiger partial charge in [0.05, 0.1) is 6.61 Å². The summed E-state index contributed by atoms with van der Waals surface area (Å²) >= 11 is 0. The highest BCUT2D eigenvalue weighted by atomic mass is 31.2. The fourth-order valence-corrected chi connectivity index (χ4v) is 2.24. The van der Waals surface area contributed by atoms with Crippen molar-refractivity contribution < 1.29 is 18.9 Å². The second-order valence-electron chi connectivity index (χ2n) is 4.64. The quantitative estimate of drug-likeness (QED) is 0.747. The van der Waals surface area contributed by atoms with Crippen molar-refractivity contribution in [1.82, 2.24) is 0 Å². The van der Waals surface area contributed by atoms with Crippen molar-refractivity contribution in [2.24, 2.45) is 5.92 Å². The van der Waals surface area contributed by atoms with Gasteiger partial charge in [0.25, 0.3) is 0 Å². The zero-order valence-corrected chi connectivity index (χ0v) is 11.7. The second kappa shape index (κ2) is 7.05. The maximum absolute atomic E-state index is 10.8. The fraction of sp³-hybridized carbons (Fsp3) is 0.538. The van der Waals surface area contributed by atoms with Gasteiger partial charge in [-0.3, -0.25) is 4.52 Å². The van der Waals surface area contributed by atoms with Gasteiger partial charge in [0.2, 0.25) is 0 Å². The molecule has 1 aromatic rings. The maximum atomic E-state index is 10.8. The molecule has 0 bridgehead atoms. The molecular weight excluding hydrogens is 251 g/mol. The van der Waals surface area contributed by atoms with Crippen LogP contribution in [-0.2, 0) is 9.09 Å². The third kappa shape index (κ3) is 5.78. The molecule has 5 heteroatoms. The van der Waals surface area contributed by atoms with Gasteiger partial charge >= 0.3 is 7.82 Å². The third-order valence-corrected chi connectivity index (χ3v) is 3.58. The summed E-state index contributed by atoms with van der Waals surface area (Å²) in [6, 6.07) is 9.71. The lowest BCUT2D eigenvalue weighted by Crippen LogP contribution is -2.11. The van der Waals surface area contributed by atoms with E-state index in [4.69, 9.17) is 9.79 Å². The van der Waals surface area contributed by atoms with Crippen LogP contribution in [0.5, 0.6) is 0 Å². The Bertz CT molecular complexity index is 387. The van der Waals surface area contributed by atoms with E-state index in [9.17, 15) is 4.57 Å². The van der Waals surface area contributed by atoms with Crippen molar-refractivity contribution in [3.63, 3.8) is 0 Å². The summed E-state index contributed by atoms with van der Waals surface area (Å²) in [6.07, 6.45) is 1.90. The zero-order chi connectivity index (χ0) is 13.6. The van der Waals surface area contributed by atoms with Crippen LogP contribution in [0.1, 0.15) is 38.2 Å². The van der Waals surface area contributed by atoms with Crippen LogP contribution in [0.25, 0.3) is 0 Å². The van der Waals surface area contributed by atoms with E-state index in [-0.39, 0.29) is 12.5 Å². The number of hydrogen-bond acceptors (Lipinski definition) is 2. The predicted octanol–water partition coefficient (Wildman–Crippen LogP) is 3.32. The molecule has 0 aliphatic rings. The second-order valence-corrected chi connectivity index (χ2v) is 5.88. The van der Waals surface area contributed by atoms with Crippen molar-refractivity contribution in [1.29, 1.82) is 0 Å². The lowest BCUT2D eigenvalue weighted by molar-refractivity contribution is 0.178. The fourth-order valence-electron chi connectivity index (χ4n) is 1.86. The molecule has 18 heavy (non-hydrogen) atoms. The lowest BCUT2D eigenvalue weighted by Gasteiger charge is -2.21. The molecule has 0 saturated heterocycles. The average molecular weight is 272 g/mol. The van der Waals surface area contributed by atoms with E-state index < -0.39 is 7.82 Å². The van der Waals surface area contributed by atoms with Crippen LogP contribution in [0.4, 0.5) is 0 Å². The first-order valence-electron chi connectivity index (χ1n) is 6.17. The Morgan fingerprint density at radius 2 is 1.89 bits per heavy atom. The van der Waals surface area contributed by atoms with Crippen LogP contribution in [0.3, 0.4) is 0 Å². The van der Waals surface area contributed by atoms with Gasteiger partial charge in [0.1, 0.15) is 0 Å². The summed E-state index contributed by atoms with van der Waals surface area (Å²) in [5.41, 5.74) is 1.06. The van der Waals surface area contributed by atoms with Crippen molar-refractivity contribution in [3.05, 3.63) is 35.9 Å². The SMILES string of the molecule is CCC(C)CC(COP(=O)(O)O)c1ccccc1. The molecule has 2 N–H and O–H groups in total. The lowest BCUT2D eigenvalue weighted by atomic mass is 9.89. The molecule has 0 spiro atoms. The summed E-state index contributed by atoms with van der Waals surface area (Å²) in [7, 11) is -4.39. The highest BCUT2D eigenvalue weighted by Gasteiger charge is 2.20. The largest absolute Gasteiger partial charge is 0.469 e. The minimum atomic E-state index is -4.39. The monoisotopic (exact) mass is 272 g/mol. The van der Waals surface area contributed by atoms with E-state index in [0.717, 1.165) is 18.4 Å². The van der Waals surface area contributed by atoms with E-state index in [1.807, 2.05) is 30.3 Å². The van der Waals surface area contributed by atoms with Crippen LogP contribution in [0.15, 0.2) is 30.3 Å². The zero-order valence-electron chi connectivity index (χ0n) is 10.8. The van der Waals surface area contributed by atoms with Gasteiger partial charge in [-0.05, 0) is 17.9 Å². The standard InChI is InChI=1S/C13H21O4P/c1-3-11(2)9-13(10-17-18(14,15)16)12-7-5-4-6-8-12/h4-8,11,13H,3,9-10H2,1-2H3,(H2,14,15,16). The molecule has 0 aromatic heterocycles. The van der Waals surface area contributed by atoms with Gasteiger partial charge in [0.15, 0.2) is 0 Å². The molecule has 1 aromatic carbocycles. The van der Waals surface area contributed by atoms with E-state index >= 15 is 0 Å². The molecule has 0 radical (unpaired) electrons. The molecule has 102 valence electrons. The molecule has 0 heterocycles. The van der Waals surface area contributed by atoms with Crippen LogP contribution in [0.2, 0.25) is 0 Å². The van der Waals surface area contributed by atoms with E-state index in [1.54, 1.807) is 0 Å². The highest BCUT2D eigenvalue weighted by molar-refractivity contribution is 7.46. The summed E-state index contributed by atoms with van der Waals surface area (Å²) in [5.74, 6) is 0.518. The van der Waals surface area contributed by atoms with Crippen LogP contribution < -0.4 is 0 Å².